The second-order valence-electron chi connectivity index (χ2n) is 4.53. The van der Waals surface area contributed by atoms with Crippen molar-refractivity contribution in [3.8, 4) is 5.88 Å². The van der Waals surface area contributed by atoms with Crippen molar-refractivity contribution in [3.63, 3.8) is 0 Å². The molecule has 0 aliphatic carbocycles. The van der Waals surface area contributed by atoms with Gasteiger partial charge in [-0.1, -0.05) is 26.7 Å². The first-order valence-electron chi connectivity index (χ1n) is 5.99. The predicted molar refractivity (Wildman–Crippen MR) is 67.3 cm³/mol. The van der Waals surface area contributed by atoms with Crippen LogP contribution >= 0.6 is 0 Å². The molecule has 5 nitrogen and oxygen atoms in total. The van der Waals surface area contributed by atoms with Crippen molar-refractivity contribution < 1.29 is 4.74 Å². The van der Waals surface area contributed by atoms with Crippen LogP contribution in [0, 0.1) is 5.92 Å². The summed E-state index contributed by atoms with van der Waals surface area (Å²) in [7, 11) is 1.59. The molecular formula is C12H22N4O. The minimum absolute atomic E-state index is 0.0608. The van der Waals surface area contributed by atoms with E-state index in [1.54, 1.807) is 7.11 Å². The van der Waals surface area contributed by atoms with Crippen LogP contribution in [0.15, 0.2) is 12.4 Å². The number of hydrazine groups is 1. The third-order valence-corrected chi connectivity index (χ3v) is 2.70. The maximum absolute atomic E-state index is 5.56. The Morgan fingerprint density at radius 3 is 2.71 bits per heavy atom. The number of methoxy groups -OCH3 is 1. The summed E-state index contributed by atoms with van der Waals surface area (Å²) in [5.74, 6) is 6.85. The van der Waals surface area contributed by atoms with Crippen LogP contribution in [-0.2, 0) is 0 Å². The lowest BCUT2D eigenvalue weighted by Crippen LogP contribution is -2.28. The molecule has 1 heterocycles. The number of ether oxygens (including phenoxy) is 1. The molecule has 1 aromatic heterocycles. The van der Waals surface area contributed by atoms with Crippen LogP contribution in [-0.4, -0.2) is 17.1 Å². The summed E-state index contributed by atoms with van der Waals surface area (Å²) in [4.78, 5) is 8.20. The average molecular weight is 238 g/mol. The van der Waals surface area contributed by atoms with Gasteiger partial charge in [0.05, 0.1) is 18.8 Å². The van der Waals surface area contributed by atoms with Gasteiger partial charge in [0.15, 0.2) is 0 Å². The molecule has 0 spiro atoms. The van der Waals surface area contributed by atoms with Crippen molar-refractivity contribution in [1.82, 2.24) is 15.4 Å². The summed E-state index contributed by atoms with van der Waals surface area (Å²) in [5, 5.41) is 0. The maximum Gasteiger partial charge on any atom is 0.216 e. The molecule has 0 bridgehead atoms. The molecule has 0 aliphatic rings. The fraction of sp³-hybridized carbons (Fsp3) is 0.667. The molecule has 96 valence electrons. The van der Waals surface area contributed by atoms with Gasteiger partial charge in [-0.2, -0.15) is 0 Å². The van der Waals surface area contributed by atoms with Gasteiger partial charge in [-0.25, -0.2) is 9.97 Å². The number of hydrogen-bond donors (Lipinski definition) is 2. The zero-order valence-electron chi connectivity index (χ0n) is 10.8. The molecule has 0 saturated carbocycles. The van der Waals surface area contributed by atoms with Crippen LogP contribution in [0.5, 0.6) is 5.88 Å². The van der Waals surface area contributed by atoms with Gasteiger partial charge in [-0.05, 0) is 12.3 Å². The lowest BCUT2D eigenvalue weighted by Gasteiger charge is -2.16. The molecule has 0 aromatic carbocycles. The highest BCUT2D eigenvalue weighted by molar-refractivity contribution is 5.16. The molecule has 1 atom stereocenters. The van der Waals surface area contributed by atoms with Gasteiger partial charge in [-0.15, -0.1) is 0 Å². The quantitative estimate of drug-likeness (QED) is 0.560. The van der Waals surface area contributed by atoms with Crippen LogP contribution in [0.1, 0.15) is 44.8 Å². The summed E-state index contributed by atoms with van der Waals surface area (Å²) >= 11 is 0. The number of aromatic nitrogens is 2. The molecule has 1 aromatic rings. The molecule has 3 N–H and O–H groups in total. The fourth-order valence-electron chi connectivity index (χ4n) is 1.70. The monoisotopic (exact) mass is 238 g/mol. The number of rotatable bonds is 7. The molecule has 1 unspecified atom stereocenters. The largest absolute Gasteiger partial charge is 0.481 e. The minimum atomic E-state index is 0.0608. The Bertz CT molecular complexity index is 330. The Labute approximate surface area is 103 Å². The smallest absolute Gasteiger partial charge is 0.216 e. The zero-order valence-corrected chi connectivity index (χ0v) is 10.8. The summed E-state index contributed by atoms with van der Waals surface area (Å²) in [6, 6.07) is 1.88. The first-order valence-corrected chi connectivity index (χ1v) is 5.99. The van der Waals surface area contributed by atoms with Gasteiger partial charge in [-0.3, -0.25) is 11.3 Å². The topological polar surface area (TPSA) is 73.1 Å². The van der Waals surface area contributed by atoms with Crippen molar-refractivity contribution in [2.45, 2.75) is 39.2 Å². The highest BCUT2D eigenvalue weighted by Crippen LogP contribution is 2.20. The van der Waals surface area contributed by atoms with Crippen molar-refractivity contribution in [1.29, 1.82) is 0 Å². The molecule has 0 saturated heterocycles. The Morgan fingerprint density at radius 1 is 1.35 bits per heavy atom. The lowest BCUT2D eigenvalue weighted by atomic mass is 10.0. The van der Waals surface area contributed by atoms with E-state index >= 15 is 0 Å². The second kappa shape index (κ2) is 7.19. The molecule has 0 aliphatic heterocycles. The summed E-state index contributed by atoms with van der Waals surface area (Å²) < 4.78 is 5.07. The third-order valence-electron chi connectivity index (χ3n) is 2.70. The standard InChI is InChI=1S/C12H22N4O/c1-9(2)5-4-6-10(16-13)11-7-12(17-3)15-8-14-11/h7-10,16H,4-6,13H2,1-3H3. The molecule has 5 heteroatoms. The van der Waals surface area contributed by atoms with Crippen molar-refractivity contribution in [2.24, 2.45) is 11.8 Å². The van der Waals surface area contributed by atoms with E-state index in [1.807, 2.05) is 6.07 Å². The van der Waals surface area contributed by atoms with E-state index in [0.717, 1.165) is 18.5 Å². The Morgan fingerprint density at radius 2 is 2.12 bits per heavy atom. The first kappa shape index (κ1) is 13.9. The van der Waals surface area contributed by atoms with Gasteiger partial charge in [0, 0.05) is 6.07 Å². The van der Waals surface area contributed by atoms with E-state index in [0.29, 0.717) is 11.8 Å². The molecule has 1 rings (SSSR count). The number of nitrogens with one attached hydrogen (secondary N) is 1. The first-order chi connectivity index (χ1) is 8.17. The molecule has 0 amide bonds. The van der Waals surface area contributed by atoms with Gasteiger partial charge in [0.2, 0.25) is 5.88 Å². The van der Waals surface area contributed by atoms with Gasteiger partial charge in [0.1, 0.15) is 6.33 Å². The minimum Gasteiger partial charge on any atom is -0.481 e. The summed E-state index contributed by atoms with van der Waals surface area (Å²) in [6.07, 6.45) is 4.79. The van der Waals surface area contributed by atoms with Gasteiger partial charge >= 0.3 is 0 Å². The van der Waals surface area contributed by atoms with Crippen molar-refractivity contribution >= 4 is 0 Å². The Hall–Kier alpha value is -1.20. The maximum atomic E-state index is 5.56. The van der Waals surface area contributed by atoms with Crippen molar-refractivity contribution in [2.75, 3.05) is 7.11 Å². The fourth-order valence-corrected chi connectivity index (χ4v) is 1.70. The van der Waals surface area contributed by atoms with Crippen LogP contribution in [0.2, 0.25) is 0 Å². The van der Waals surface area contributed by atoms with E-state index in [9.17, 15) is 0 Å². The lowest BCUT2D eigenvalue weighted by molar-refractivity contribution is 0.391. The third kappa shape index (κ3) is 4.66. The number of nitrogens with zero attached hydrogens (tertiary/aromatic N) is 2. The van der Waals surface area contributed by atoms with Gasteiger partial charge < -0.3 is 4.74 Å². The molecule has 0 fully saturated rings. The van der Waals surface area contributed by atoms with Crippen LogP contribution in [0.25, 0.3) is 0 Å². The highest BCUT2D eigenvalue weighted by Gasteiger charge is 2.12. The number of hydrogen-bond acceptors (Lipinski definition) is 5. The van der Waals surface area contributed by atoms with Crippen LogP contribution in [0.4, 0.5) is 0 Å². The zero-order chi connectivity index (χ0) is 12.7. The normalized spacial score (nSPS) is 12.8. The molecule has 0 radical (unpaired) electrons. The van der Waals surface area contributed by atoms with Crippen LogP contribution in [0.3, 0.4) is 0 Å². The Balaban J connectivity index is 2.59. The molecular weight excluding hydrogens is 216 g/mol. The van der Waals surface area contributed by atoms with Gasteiger partial charge in [0.25, 0.3) is 0 Å². The Kier molecular flexibility index (Phi) is 5.86. The van der Waals surface area contributed by atoms with Crippen molar-refractivity contribution in [3.05, 3.63) is 18.1 Å². The van der Waals surface area contributed by atoms with E-state index in [4.69, 9.17) is 10.6 Å². The summed E-state index contributed by atoms with van der Waals surface area (Å²) in [5.41, 5.74) is 3.68. The number of nitrogens with two attached hydrogens (primary N) is 1. The SMILES string of the molecule is COc1cc(C(CCCC(C)C)NN)ncn1. The van der Waals surface area contributed by atoms with E-state index in [-0.39, 0.29) is 6.04 Å². The van der Waals surface area contributed by atoms with Crippen LogP contribution < -0.4 is 16.0 Å². The second-order valence-corrected chi connectivity index (χ2v) is 4.53. The summed E-state index contributed by atoms with van der Waals surface area (Å²) in [6.45, 7) is 4.44. The average Bonchev–Trinajstić information content (AvgIpc) is 2.34. The van der Waals surface area contributed by atoms with E-state index in [1.165, 1.54) is 12.7 Å². The molecule has 17 heavy (non-hydrogen) atoms. The predicted octanol–water partition coefficient (Wildman–Crippen LogP) is 1.82. The van der Waals surface area contributed by atoms with E-state index in [2.05, 4.69) is 29.2 Å². The highest BCUT2D eigenvalue weighted by atomic mass is 16.5. The van der Waals surface area contributed by atoms with E-state index < -0.39 is 0 Å².